The number of hydrogen-bond donors (Lipinski definition) is 1. The molecule has 0 saturated heterocycles. The van der Waals surface area contributed by atoms with Gasteiger partial charge in [0.15, 0.2) is 5.71 Å². The van der Waals surface area contributed by atoms with Crippen molar-refractivity contribution in [2.75, 3.05) is 6.61 Å². The van der Waals surface area contributed by atoms with Crippen LogP contribution in [0.2, 0.25) is 0 Å². The van der Waals surface area contributed by atoms with E-state index in [1.807, 2.05) is 6.92 Å². The molecule has 142 valence electrons. The van der Waals surface area contributed by atoms with Crippen molar-refractivity contribution in [3.8, 4) is 0 Å². The molecule has 0 aliphatic heterocycles. The van der Waals surface area contributed by atoms with E-state index in [1.165, 1.54) is 5.01 Å². The third-order valence-corrected chi connectivity index (χ3v) is 4.71. The monoisotopic (exact) mass is 354 g/mol. The Hall–Kier alpha value is -1.92. The highest BCUT2D eigenvalue weighted by atomic mass is 16.5. The molecule has 1 fully saturated rings. The lowest BCUT2D eigenvalue weighted by molar-refractivity contribution is -0.149. The predicted molar refractivity (Wildman–Crippen MR) is 94.1 cm³/mol. The van der Waals surface area contributed by atoms with Gasteiger partial charge in [-0.2, -0.15) is 5.10 Å². The van der Waals surface area contributed by atoms with E-state index in [0.717, 1.165) is 32.1 Å². The quantitative estimate of drug-likeness (QED) is 0.313. The molecular formula is C18H30N2O5. The maximum atomic E-state index is 12.6. The summed E-state index contributed by atoms with van der Waals surface area (Å²) in [6.45, 7) is 7.32. The Morgan fingerprint density at radius 2 is 1.76 bits per heavy atom. The highest BCUT2D eigenvalue weighted by Gasteiger charge is 2.34. The summed E-state index contributed by atoms with van der Waals surface area (Å²) in [5.74, 6) is -2.26. The molecule has 0 radical (unpaired) electrons. The van der Waals surface area contributed by atoms with Crippen LogP contribution < -0.4 is 0 Å². The molecular weight excluding hydrogens is 324 g/mol. The smallest absolute Gasteiger partial charge is 0.352 e. The number of aliphatic carboxylic acids is 1. The standard InChI is InChI=1S/C18H30N2O5/c1-5-18(3,4)16(17(23)24)19-20(13-10-8-7-9-11-13)14(21)12-15(22)25-6-2/h13H,5-12H2,1-4H3,(H,23,24). The van der Waals surface area contributed by atoms with Gasteiger partial charge in [-0.25, -0.2) is 9.80 Å². The zero-order chi connectivity index (χ0) is 19.0. The fourth-order valence-electron chi connectivity index (χ4n) is 2.83. The average Bonchev–Trinajstić information content (AvgIpc) is 2.55. The van der Waals surface area contributed by atoms with E-state index in [0.29, 0.717) is 6.42 Å². The normalized spacial score (nSPS) is 16.4. The Balaban J connectivity index is 3.15. The van der Waals surface area contributed by atoms with E-state index in [-0.39, 0.29) is 18.4 Å². The topological polar surface area (TPSA) is 96.3 Å². The molecule has 0 aromatic heterocycles. The summed E-state index contributed by atoms with van der Waals surface area (Å²) in [4.78, 5) is 36.0. The van der Waals surface area contributed by atoms with Gasteiger partial charge in [-0.1, -0.05) is 40.0 Å². The molecule has 0 spiro atoms. The Morgan fingerprint density at radius 1 is 1.16 bits per heavy atom. The zero-order valence-electron chi connectivity index (χ0n) is 15.7. The lowest BCUT2D eigenvalue weighted by atomic mass is 9.84. The second-order valence-corrected chi connectivity index (χ2v) is 7.00. The molecule has 0 bridgehead atoms. The van der Waals surface area contributed by atoms with Crippen LogP contribution in [-0.4, -0.2) is 46.3 Å². The van der Waals surface area contributed by atoms with Crippen molar-refractivity contribution in [2.24, 2.45) is 10.5 Å². The maximum absolute atomic E-state index is 12.6. The molecule has 1 saturated carbocycles. The lowest BCUT2D eigenvalue weighted by Gasteiger charge is -2.32. The Morgan fingerprint density at radius 3 is 2.24 bits per heavy atom. The van der Waals surface area contributed by atoms with E-state index < -0.39 is 29.7 Å². The molecule has 1 N–H and O–H groups in total. The van der Waals surface area contributed by atoms with Crippen LogP contribution in [0, 0.1) is 5.41 Å². The summed E-state index contributed by atoms with van der Waals surface area (Å²) in [5.41, 5.74) is -0.735. The van der Waals surface area contributed by atoms with E-state index in [9.17, 15) is 19.5 Å². The molecule has 1 rings (SSSR count). The highest BCUT2D eigenvalue weighted by molar-refractivity contribution is 6.37. The van der Waals surface area contributed by atoms with Crippen molar-refractivity contribution < 1.29 is 24.2 Å². The number of hydrazone groups is 1. The Labute approximate surface area is 149 Å². The van der Waals surface area contributed by atoms with Crippen molar-refractivity contribution in [2.45, 2.75) is 78.7 Å². The number of esters is 1. The summed E-state index contributed by atoms with van der Waals surface area (Å²) in [6.07, 6.45) is 4.68. The maximum Gasteiger partial charge on any atom is 0.352 e. The molecule has 7 heteroatoms. The fourth-order valence-corrected chi connectivity index (χ4v) is 2.83. The van der Waals surface area contributed by atoms with Crippen LogP contribution >= 0.6 is 0 Å². The van der Waals surface area contributed by atoms with Gasteiger partial charge in [0.25, 0.3) is 5.91 Å². The number of ether oxygens (including phenoxy) is 1. The summed E-state index contributed by atoms with van der Waals surface area (Å²) >= 11 is 0. The largest absolute Gasteiger partial charge is 0.477 e. The minimum absolute atomic E-state index is 0.0576. The van der Waals surface area contributed by atoms with Crippen LogP contribution in [0.3, 0.4) is 0 Å². The third kappa shape index (κ3) is 6.14. The number of amides is 1. The summed E-state index contributed by atoms with van der Waals surface area (Å²) < 4.78 is 4.84. The average molecular weight is 354 g/mol. The first-order chi connectivity index (χ1) is 11.7. The summed E-state index contributed by atoms with van der Waals surface area (Å²) in [5, 5.41) is 15.1. The number of nitrogens with zero attached hydrogens (tertiary/aromatic N) is 2. The van der Waals surface area contributed by atoms with Crippen LogP contribution in [0.4, 0.5) is 0 Å². The van der Waals surface area contributed by atoms with Crippen molar-refractivity contribution in [1.29, 1.82) is 0 Å². The van der Waals surface area contributed by atoms with Gasteiger partial charge in [-0.3, -0.25) is 9.59 Å². The first-order valence-electron chi connectivity index (χ1n) is 9.03. The van der Waals surface area contributed by atoms with Crippen molar-refractivity contribution in [3.63, 3.8) is 0 Å². The zero-order valence-corrected chi connectivity index (χ0v) is 15.7. The highest BCUT2D eigenvalue weighted by Crippen LogP contribution is 2.27. The van der Waals surface area contributed by atoms with E-state index >= 15 is 0 Å². The first kappa shape index (κ1) is 21.1. The van der Waals surface area contributed by atoms with Crippen LogP contribution in [0.15, 0.2) is 5.10 Å². The molecule has 0 aromatic rings. The lowest BCUT2D eigenvalue weighted by Crippen LogP contribution is -2.42. The Bertz CT molecular complexity index is 522. The molecule has 1 amide bonds. The van der Waals surface area contributed by atoms with Gasteiger partial charge < -0.3 is 9.84 Å². The van der Waals surface area contributed by atoms with Gasteiger partial charge in [-0.15, -0.1) is 0 Å². The second-order valence-electron chi connectivity index (χ2n) is 7.00. The van der Waals surface area contributed by atoms with E-state index in [2.05, 4.69) is 5.10 Å². The molecule has 1 aliphatic rings. The van der Waals surface area contributed by atoms with Crippen molar-refractivity contribution in [3.05, 3.63) is 0 Å². The SMILES string of the molecule is CCOC(=O)CC(=O)N(N=C(C(=O)O)C(C)(C)CC)C1CCCCC1. The minimum atomic E-state index is -1.14. The molecule has 0 atom stereocenters. The predicted octanol–water partition coefficient (Wildman–Crippen LogP) is 2.98. The molecule has 7 nitrogen and oxygen atoms in total. The molecule has 0 aromatic carbocycles. The van der Waals surface area contributed by atoms with Gasteiger partial charge in [0.05, 0.1) is 12.6 Å². The van der Waals surface area contributed by atoms with Gasteiger partial charge in [0.1, 0.15) is 6.42 Å². The van der Waals surface area contributed by atoms with Gasteiger partial charge >= 0.3 is 11.9 Å². The number of carboxylic acid groups (broad SMARTS) is 1. The molecule has 25 heavy (non-hydrogen) atoms. The minimum Gasteiger partial charge on any atom is -0.477 e. The number of carbonyl (C=O) groups excluding carboxylic acids is 2. The molecule has 1 aliphatic carbocycles. The number of hydrogen-bond acceptors (Lipinski definition) is 5. The van der Waals surface area contributed by atoms with Gasteiger partial charge in [0.2, 0.25) is 0 Å². The van der Waals surface area contributed by atoms with Crippen LogP contribution in [0.5, 0.6) is 0 Å². The number of rotatable bonds is 8. The van der Waals surface area contributed by atoms with Crippen LogP contribution in [-0.2, 0) is 19.1 Å². The number of carboxylic acids is 1. The third-order valence-electron chi connectivity index (χ3n) is 4.71. The summed E-state index contributed by atoms with van der Waals surface area (Å²) in [7, 11) is 0. The second kappa shape index (κ2) is 9.53. The number of carbonyl (C=O) groups is 3. The Kier molecular flexibility index (Phi) is 8.06. The first-order valence-corrected chi connectivity index (χ1v) is 9.03. The van der Waals surface area contributed by atoms with Gasteiger partial charge in [0, 0.05) is 5.41 Å². The summed E-state index contributed by atoms with van der Waals surface area (Å²) in [6, 6.07) is -0.169. The molecule has 0 unspecified atom stereocenters. The van der Waals surface area contributed by atoms with Crippen molar-refractivity contribution in [1.82, 2.24) is 5.01 Å². The van der Waals surface area contributed by atoms with E-state index in [4.69, 9.17) is 4.74 Å². The fraction of sp³-hybridized carbons (Fsp3) is 0.778. The van der Waals surface area contributed by atoms with Crippen molar-refractivity contribution >= 4 is 23.6 Å². The molecule has 0 heterocycles. The van der Waals surface area contributed by atoms with E-state index in [1.54, 1.807) is 20.8 Å². The van der Waals surface area contributed by atoms with Crippen LogP contribution in [0.25, 0.3) is 0 Å². The van der Waals surface area contributed by atoms with Gasteiger partial charge in [-0.05, 0) is 26.2 Å². The van der Waals surface area contributed by atoms with Crippen LogP contribution in [0.1, 0.15) is 72.6 Å².